The molecule has 90 valence electrons. The van der Waals surface area contributed by atoms with E-state index in [-0.39, 0.29) is 6.04 Å². The maximum absolute atomic E-state index is 5.67. The minimum absolute atomic E-state index is 0.125. The number of benzene rings is 1. The van der Waals surface area contributed by atoms with Gasteiger partial charge < -0.3 is 9.73 Å². The number of aromatic nitrogens is 2. The van der Waals surface area contributed by atoms with Crippen LogP contribution in [0.4, 0.5) is 0 Å². The Labute approximate surface area is 114 Å². The SMILES string of the molecule is CCC(NC)c1nnc(-c2ccc(I)cc2)o1. The molecule has 4 nitrogen and oxygen atoms in total. The molecule has 1 atom stereocenters. The number of rotatable bonds is 4. The average molecular weight is 343 g/mol. The molecule has 2 aromatic rings. The predicted octanol–water partition coefficient (Wildman–Crippen LogP) is 3.01. The molecule has 0 aliphatic heterocycles. The molecule has 1 heterocycles. The Bertz CT molecular complexity index is 477. The lowest BCUT2D eigenvalue weighted by Crippen LogP contribution is -2.15. The standard InChI is InChI=1S/C12H14IN3O/c1-3-10(14-2)12-16-15-11(17-12)8-4-6-9(13)7-5-8/h4-7,10,14H,3H2,1-2H3. The highest BCUT2D eigenvalue weighted by Gasteiger charge is 2.15. The maximum Gasteiger partial charge on any atom is 0.247 e. The van der Waals surface area contributed by atoms with Gasteiger partial charge in [0.05, 0.1) is 6.04 Å². The molecular weight excluding hydrogens is 329 g/mol. The molecule has 0 saturated heterocycles. The van der Waals surface area contributed by atoms with E-state index in [1.165, 1.54) is 3.57 Å². The minimum Gasteiger partial charge on any atom is -0.419 e. The molecule has 1 aromatic carbocycles. The molecule has 0 aliphatic carbocycles. The van der Waals surface area contributed by atoms with Crippen LogP contribution in [0.15, 0.2) is 28.7 Å². The summed E-state index contributed by atoms with van der Waals surface area (Å²) in [7, 11) is 1.89. The van der Waals surface area contributed by atoms with E-state index in [2.05, 4.69) is 45.0 Å². The molecule has 2 rings (SSSR count). The van der Waals surface area contributed by atoms with E-state index in [9.17, 15) is 0 Å². The molecule has 0 fully saturated rings. The Morgan fingerprint density at radius 3 is 2.59 bits per heavy atom. The van der Waals surface area contributed by atoms with Crippen molar-refractivity contribution >= 4 is 22.6 Å². The van der Waals surface area contributed by atoms with Crippen LogP contribution in [-0.2, 0) is 0 Å². The van der Waals surface area contributed by atoms with Crippen molar-refractivity contribution in [1.29, 1.82) is 0 Å². The lowest BCUT2D eigenvalue weighted by atomic mass is 10.2. The van der Waals surface area contributed by atoms with E-state index in [1.807, 2.05) is 31.3 Å². The Kier molecular flexibility index (Phi) is 4.11. The van der Waals surface area contributed by atoms with Gasteiger partial charge in [0.2, 0.25) is 11.8 Å². The lowest BCUT2D eigenvalue weighted by molar-refractivity contribution is 0.415. The van der Waals surface area contributed by atoms with Crippen molar-refractivity contribution < 1.29 is 4.42 Å². The fourth-order valence-corrected chi connectivity index (χ4v) is 1.95. The van der Waals surface area contributed by atoms with Gasteiger partial charge in [-0.2, -0.15) is 0 Å². The zero-order valence-electron chi connectivity index (χ0n) is 9.77. The van der Waals surface area contributed by atoms with Gasteiger partial charge in [-0.15, -0.1) is 10.2 Å². The molecule has 0 amide bonds. The number of hydrogen-bond acceptors (Lipinski definition) is 4. The summed E-state index contributed by atoms with van der Waals surface area (Å²) >= 11 is 2.27. The van der Waals surface area contributed by atoms with E-state index in [4.69, 9.17) is 4.42 Å². The molecule has 0 bridgehead atoms. The lowest BCUT2D eigenvalue weighted by Gasteiger charge is -2.07. The van der Waals surface area contributed by atoms with Gasteiger partial charge >= 0.3 is 0 Å². The van der Waals surface area contributed by atoms with E-state index in [1.54, 1.807) is 0 Å². The minimum atomic E-state index is 0.125. The largest absolute Gasteiger partial charge is 0.419 e. The number of hydrogen-bond donors (Lipinski definition) is 1. The average Bonchev–Trinajstić information content (AvgIpc) is 2.81. The van der Waals surface area contributed by atoms with Crippen molar-refractivity contribution in [2.75, 3.05) is 7.05 Å². The zero-order chi connectivity index (χ0) is 12.3. The Morgan fingerprint density at radius 1 is 1.29 bits per heavy atom. The molecular formula is C12H14IN3O. The van der Waals surface area contributed by atoms with Crippen LogP contribution >= 0.6 is 22.6 Å². The van der Waals surface area contributed by atoms with Crippen molar-refractivity contribution in [3.63, 3.8) is 0 Å². The molecule has 1 aromatic heterocycles. The third kappa shape index (κ3) is 2.84. The Balaban J connectivity index is 2.26. The van der Waals surface area contributed by atoms with Crippen LogP contribution in [0.5, 0.6) is 0 Å². The topological polar surface area (TPSA) is 51.0 Å². The first-order valence-electron chi connectivity index (χ1n) is 5.51. The van der Waals surface area contributed by atoms with Gasteiger partial charge in [-0.25, -0.2) is 0 Å². The van der Waals surface area contributed by atoms with Crippen LogP contribution in [0.2, 0.25) is 0 Å². The van der Waals surface area contributed by atoms with Gasteiger partial charge in [-0.05, 0) is 60.3 Å². The summed E-state index contributed by atoms with van der Waals surface area (Å²) in [5, 5.41) is 11.3. The molecule has 0 spiro atoms. The first-order chi connectivity index (χ1) is 8.24. The molecule has 0 radical (unpaired) electrons. The summed E-state index contributed by atoms with van der Waals surface area (Å²) in [5.41, 5.74) is 0.954. The maximum atomic E-state index is 5.67. The number of nitrogens with zero attached hydrogens (tertiary/aromatic N) is 2. The van der Waals surface area contributed by atoms with Crippen LogP contribution in [0.25, 0.3) is 11.5 Å². The van der Waals surface area contributed by atoms with Crippen molar-refractivity contribution in [2.45, 2.75) is 19.4 Å². The fourth-order valence-electron chi connectivity index (χ4n) is 1.59. The van der Waals surface area contributed by atoms with E-state index < -0.39 is 0 Å². The van der Waals surface area contributed by atoms with Gasteiger partial charge in [0.25, 0.3) is 0 Å². The zero-order valence-corrected chi connectivity index (χ0v) is 11.9. The van der Waals surface area contributed by atoms with Gasteiger partial charge in [-0.1, -0.05) is 6.92 Å². The van der Waals surface area contributed by atoms with E-state index >= 15 is 0 Å². The predicted molar refractivity (Wildman–Crippen MR) is 74.5 cm³/mol. The van der Waals surface area contributed by atoms with Crippen LogP contribution in [0.1, 0.15) is 25.3 Å². The third-order valence-corrected chi connectivity index (χ3v) is 3.31. The van der Waals surface area contributed by atoms with Gasteiger partial charge in [0.1, 0.15) is 0 Å². The number of halogens is 1. The van der Waals surface area contributed by atoms with Crippen molar-refractivity contribution in [3.05, 3.63) is 33.7 Å². The third-order valence-electron chi connectivity index (χ3n) is 2.59. The molecule has 0 saturated carbocycles. The van der Waals surface area contributed by atoms with Crippen molar-refractivity contribution in [1.82, 2.24) is 15.5 Å². The molecule has 0 aliphatic rings. The monoisotopic (exact) mass is 343 g/mol. The summed E-state index contributed by atoms with van der Waals surface area (Å²) in [6.07, 6.45) is 0.921. The van der Waals surface area contributed by atoms with Gasteiger partial charge in [0.15, 0.2) is 0 Å². The van der Waals surface area contributed by atoms with Crippen LogP contribution in [0.3, 0.4) is 0 Å². The summed E-state index contributed by atoms with van der Waals surface area (Å²) in [5.74, 6) is 1.22. The van der Waals surface area contributed by atoms with Crippen LogP contribution < -0.4 is 5.32 Å². The quantitative estimate of drug-likeness (QED) is 0.867. The van der Waals surface area contributed by atoms with Crippen LogP contribution in [-0.4, -0.2) is 17.2 Å². The second kappa shape index (κ2) is 5.59. The van der Waals surface area contributed by atoms with Crippen LogP contribution in [0, 0.1) is 3.57 Å². The second-order valence-corrected chi connectivity index (χ2v) is 4.95. The summed E-state index contributed by atoms with van der Waals surface area (Å²) in [6, 6.07) is 8.14. The number of nitrogens with one attached hydrogen (secondary N) is 1. The Hall–Kier alpha value is -0.950. The summed E-state index contributed by atoms with van der Waals surface area (Å²) in [6.45, 7) is 2.08. The molecule has 1 N–H and O–H groups in total. The Morgan fingerprint density at radius 2 is 2.00 bits per heavy atom. The van der Waals surface area contributed by atoms with Crippen molar-refractivity contribution in [3.8, 4) is 11.5 Å². The van der Waals surface area contributed by atoms with E-state index in [0.717, 1.165) is 12.0 Å². The fraction of sp³-hybridized carbons (Fsp3) is 0.333. The van der Waals surface area contributed by atoms with Gasteiger partial charge in [-0.3, -0.25) is 0 Å². The highest BCUT2D eigenvalue weighted by molar-refractivity contribution is 14.1. The first kappa shape index (κ1) is 12.5. The highest BCUT2D eigenvalue weighted by atomic mass is 127. The van der Waals surface area contributed by atoms with Crippen molar-refractivity contribution in [2.24, 2.45) is 0 Å². The first-order valence-corrected chi connectivity index (χ1v) is 6.59. The van der Waals surface area contributed by atoms with E-state index in [0.29, 0.717) is 11.8 Å². The normalized spacial score (nSPS) is 12.6. The van der Waals surface area contributed by atoms with Gasteiger partial charge in [0, 0.05) is 9.13 Å². The smallest absolute Gasteiger partial charge is 0.247 e. The summed E-state index contributed by atoms with van der Waals surface area (Å²) in [4.78, 5) is 0. The highest BCUT2D eigenvalue weighted by Crippen LogP contribution is 2.22. The second-order valence-electron chi connectivity index (χ2n) is 3.70. The molecule has 5 heteroatoms. The molecule has 1 unspecified atom stereocenters. The molecule has 17 heavy (non-hydrogen) atoms. The summed E-state index contributed by atoms with van der Waals surface area (Å²) < 4.78 is 6.85.